The number of fused-ring (bicyclic) bond motifs is 1. The van der Waals surface area contributed by atoms with Gasteiger partial charge in [-0.25, -0.2) is 9.37 Å². The van der Waals surface area contributed by atoms with Crippen LogP contribution < -0.4 is 0 Å². The lowest BCUT2D eigenvalue weighted by atomic mass is 10.1. The number of halogens is 1. The fraction of sp³-hybridized carbons (Fsp3) is 0.286. The average Bonchev–Trinajstić information content (AvgIpc) is 2.86. The highest BCUT2D eigenvalue weighted by Crippen LogP contribution is 2.13. The van der Waals surface area contributed by atoms with Crippen molar-refractivity contribution >= 4 is 5.78 Å². The number of carbonyl (C=O) groups excluding carboxylic acids is 1. The van der Waals surface area contributed by atoms with Gasteiger partial charge >= 0.3 is 0 Å². The monoisotopic (exact) mass is 259 g/mol. The molecule has 2 aromatic rings. The van der Waals surface area contributed by atoms with Crippen molar-refractivity contribution in [3.63, 3.8) is 0 Å². The van der Waals surface area contributed by atoms with Crippen LogP contribution in [-0.2, 0) is 13.1 Å². The van der Waals surface area contributed by atoms with Gasteiger partial charge in [0.2, 0.25) is 0 Å². The van der Waals surface area contributed by atoms with E-state index in [0.29, 0.717) is 6.54 Å². The second-order valence-corrected chi connectivity index (χ2v) is 4.65. The van der Waals surface area contributed by atoms with Crippen LogP contribution in [0.4, 0.5) is 4.39 Å². The Hall–Kier alpha value is -2.01. The van der Waals surface area contributed by atoms with Gasteiger partial charge < -0.3 is 4.57 Å². The van der Waals surface area contributed by atoms with E-state index in [0.717, 1.165) is 18.9 Å². The molecule has 5 heteroatoms. The van der Waals surface area contributed by atoms with E-state index in [1.54, 1.807) is 18.3 Å². The van der Waals surface area contributed by atoms with Crippen LogP contribution >= 0.6 is 0 Å². The van der Waals surface area contributed by atoms with Gasteiger partial charge in [0, 0.05) is 25.5 Å². The molecule has 0 atom stereocenters. The van der Waals surface area contributed by atoms with Crippen molar-refractivity contribution in [3.05, 3.63) is 53.9 Å². The molecule has 0 aliphatic carbocycles. The van der Waals surface area contributed by atoms with Gasteiger partial charge in [0.15, 0.2) is 5.78 Å². The summed E-state index contributed by atoms with van der Waals surface area (Å²) in [5, 5.41) is 0. The molecule has 1 aromatic heterocycles. The summed E-state index contributed by atoms with van der Waals surface area (Å²) in [5.41, 5.74) is 0.163. The Morgan fingerprint density at radius 3 is 3.00 bits per heavy atom. The summed E-state index contributed by atoms with van der Waals surface area (Å²) in [7, 11) is 0. The van der Waals surface area contributed by atoms with Gasteiger partial charge in [0.05, 0.1) is 18.7 Å². The molecule has 0 unspecified atom stereocenters. The first-order valence-corrected chi connectivity index (χ1v) is 6.24. The number of benzene rings is 1. The molecule has 1 aromatic carbocycles. The topological polar surface area (TPSA) is 38.1 Å². The average molecular weight is 259 g/mol. The van der Waals surface area contributed by atoms with Crippen LogP contribution in [0.15, 0.2) is 36.7 Å². The van der Waals surface area contributed by atoms with Gasteiger partial charge in [-0.05, 0) is 12.1 Å². The van der Waals surface area contributed by atoms with E-state index in [4.69, 9.17) is 0 Å². The summed E-state index contributed by atoms with van der Waals surface area (Å²) < 4.78 is 15.6. The van der Waals surface area contributed by atoms with E-state index in [2.05, 4.69) is 9.55 Å². The molecule has 3 rings (SSSR count). The molecule has 0 spiro atoms. The Morgan fingerprint density at radius 1 is 1.32 bits per heavy atom. The number of nitrogens with zero attached hydrogens (tertiary/aromatic N) is 3. The Kier molecular flexibility index (Phi) is 3.13. The first-order chi connectivity index (χ1) is 9.24. The van der Waals surface area contributed by atoms with E-state index in [-0.39, 0.29) is 17.9 Å². The van der Waals surface area contributed by atoms with E-state index in [9.17, 15) is 9.18 Å². The Balaban J connectivity index is 1.70. The number of rotatable bonds is 3. The Bertz CT molecular complexity index is 608. The number of aromatic nitrogens is 2. The van der Waals surface area contributed by atoms with Crippen molar-refractivity contribution in [1.82, 2.24) is 14.5 Å². The predicted octanol–water partition coefficient (Wildman–Crippen LogP) is 1.72. The first-order valence-electron chi connectivity index (χ1n) is 6.24. The summed E-state index contributed by atoms with van der Waals surface area (Å²) in [6.45, 7) is 2.46. The fourth-order valence-corrected chi connectivity index (χ4v) is 2.33. The van der Waals surface area contributed by atoms with E-state index in [1.165, 1.54) is 12.1 Å². The zero-order valence-corrected chi connectivity index (χ0v) is 10.4. The third kappa shape index (κ3) is 2.42. The van der Waals surface area contributed by atoms with Crippen LogP contribution in [0, 0.1) is 5.82 Å². The second kappa shape index (κ2) is 4.93. The van der Waals surface area contributed by atoms with Crippen LogP contribution in [0.25, 0.3) is 0 Å². The fourth-order valence-electron chi connectivity index (χ4n) is 2.33. The van der Waals surface area contributed by atoms with Crippen molar-refractivity contribution in [2.75, 3.05) is 13.1 Å². The standard InChI is InChI=1S/C14H14FN3O/c15-12-4-2-1-3-11(12)13(19)9-17-7-8-18-6-5-16-14(18)10-17/h1-6H,7-10H2. The SMILES string of the molecule is O=C(CN1CCn2ccnc2C1)c1ccccc1F. The Morgan fingerprint density at radius 2 is 2.16 bits per heavy atom. The highest BCUT2D eigenvalue weighted by Gasteiger charge is 2.20. The smallest absolute Gasteiger partial charge is 0.179 e. The van der Waals surface area contributed by atoms with Crippen molar-refractivity contribution in [2.24, 2.45) is 0 Å². The maximum Gasteiger partial charge on any atom is 0.179 e. The molecule has 4 nitrogen and oxygen atoms in total. The second-order valence-electron chi connectivity index (χ2n) is 4.65. The molecular formula is C14H14FN3O. The van der Waals surface area contributed by atoms with Gasteiger partial charge in [-0.15, -0.1) is 0 Å². The van der Waals surface area contributed by atoms with Crippen LogP contribution in [0.1, 0.15) is 16.2 Å². The van der Waals surface area contributed by atoms with Gasteiger partial charge in [-0.1, -0.05) is 12.1 Å². The molecule has 98 valence electrons. The summed E-state index contributed by atoms with van der Waals surface area (Å²) >= 11 is 0. The van der Waals surface area contributed by atoms with E-state index >= 15 is 0 Å². The maximum absolute atomic E-state index is 13.5. The molecule has 0 bridgehead atoms. The molecule has 19 heavy (non-hydrogen) atoms. The third-order valence-electron chi connectivity index (χ3n) is 3.37. The zero-order valence-electron chi connectivity index (χ0n) is 10.4. The van der Waals surface area contributed by atoms with Gasteiger partial charge in [-0.2, -0.15) is 0 Å². The Labute approximate surface area is 110 Å². The van der Waals surface area contributed by atoms with Crippen molar-refractivity contribution < 1.29 is 9.18 Å². The minimum atomic E-state index is -0.453. The molecular weight excluding hydrogens is 245 g/mol. The maximum atomic E-state index is 13.5. The van der Waals surface area contributed by atoms with Gasteiger partial charge in [-0.3, -0.25) is 9.69 Å². The molecule has 2 heterocycles. The van der Waals surface area contributed by atoms with Gasteiger partial charge in [0.25, 0.3) is 0 Å². The molecule has 0 amide bonds. The summed E-state index contributed by atoms with van der Waals surface area (Å²) in [6.07, 6.45) is 3.70. The minimum absolute atomic E-state index is 0.163. The molecule has 0 saturated carbocycles. The van der Waals surface area contributed by atoms with Crippen LogP contribution in [0.2, 0.25) is 0 Å². The van der Waals surface area contributed by atoms with Crippen LogP contribution in [-0.4, -0.2) is 33.3 Å². The van der Waals surface area contributed by atoms with Crippen LogP contribution in [0.3, 0.4) is 0 Å². The quantitative estimate of drug-likeness (QED) is 0.788. The molecule has 0 radical (unpaired) electrons. The van der Waals surface area contributed by atoms with E-state index in [1.807, 2.05) is 11.1 Å². The zero-order chi connectivity index (χ0) is 13.2. The van der Waals surface area contributed by atoms with E-state index < -0.39 is 5.82 Å². The van der Waals surface area contributed by atoms with Crippen molar-refractivity contribution in [1.29, 1.82) is 0 Å². The highest BCUT2D eigenvalue weighted by molar-refractivity contribution is 5.97. The third-order valence-corrected chi connectivity index (χ3v) is 3.37. The minimum Gasteiger partial charge on any atom is -0.333 e. The normalized spacial score (nSPS) is 15.2. The lowest BCUT2D eigenvalue weighted by Gasteiger charge is -2.26. The number of ketones is 1. The highest BCUT2D eigenvalue weighted by atomic mass is 19.1. The molecule has 1 aliphatic heterocycles. The first kappa shape index (κ1) is 12.0. The van der Waals surface area contributed by atoms with Crippen molar-refractivity contribution in [3.8, 4) is 0 Å². The molecule has 0 N–H and O–H groups in total. The summed E-state index contributed by atoms with van der Waals surface area (Å²) in [6, 6.07) is 6.11. The lowest BCUT2D eigenvalue weighted by Crippen LogP contribution is -2.37. The predicted molar refractivity (Wildman–Crippen MR) is 68.2 cm³/mol. The van der Waals surface area contributed by atoms with Crippen LogP contribution in [0.5, 0.6) is 0 Å². The largest absolute Gasteiger partial charge is 0.333 e. The number of imidazole rings is 1. The number of carbonyl (C=O) groups is 1. The number of Topliss-reactive ketones (excluding diaryl/α,β-unsaturated/α-hetero) is 1. The van der Waals surface area contributed by atoms with Gasteiger partial charge in [0.1, 0.15) is 11.6 Å². The number of hydrogen-bond acceptors (Lipinski definition) is 3. The van der Waals surface area contributed by atoms with Crippen molar-refractivity contribution in [2.45, 2.75) is 13.1 Å². The number of hydrogen-bond donors (Lipinski definition) is 0. The molecule has 0 fully saturated rings. The molecule has 0 saturated heterocycles. The molecule has 1 aliphatic rings. The summed E-state index contributed by atoms with van der Waals surface area (Å²) in [5.74, 6) is 0.316. The summed E-state index contributed by atoms with van der Waals surface area (Å²) in [4.78, 5) is 18.3. The lowest BCUT2D eigenvalue weighted by molar-refractivity contribution is 0.0904.